The molecule has 1 saturated heterocycles. The Hall–Kier alpha value is -0.770. The van der Waals surface area contributed by atoms with Gasteiger partial charge in [0, 0.05) is 19.1 Å². The molecule has 2 unspecified atom stereocenters. The number of carbonyl (C=O) groups is 1. The minimum absolute atomic E-state index is 0.216. The van der Waals surface area contributed by atoms with Gasteiger partial charge >= 0.3 is 6.09 Å². The van der Waals surface area contributed by atoms with Gasteiger partial charge in [0.2, 0.25) is 0 Å². The lowest BCUT2D eigenvalue weighted by atomic mass is 9.92. The Morgan fingerprint density at radius 3 is 2.59 bits per heavy atom. The number of nitrogens with zero attached hydrogens (tertiary/aromatic N) is 1. The number of amides is 1. The van der Waals surface area contributed by atoms with Gasteiger partial charge in [0.05, 0.1) is 0 Å². The van der Waals surface area contributed by atoms with Crippen LogP contribution >= 0.6 is 0 Å². The van der Waals surface area contributed by atoms with Crippen molar-refractivity contribution >= 4 is 6.09 Å². The number of carbonyl (C=O) groups excluding carboxylic acids is 1. The van der Waals surface area contributed by atoms with E-state index in [1.165, 1.54) is 0 Å². The number of ether oxygens (including phenoxy) is 1. The van der Waals surface area contributed by atoms with E-state index in [4.69, 9.17) is 4.74 Å². The van der Waals surface area contributed by atoms with E-state index in [1.807, 2.05) is 20.8 Å². The highest BCUT2D eigenvalue weighted by atomic mass is 16.6. The van der Waals surface area contributed by atoms with Gasteiger partial charge in [-0.05, 0) is 40.2 Å². The molecule has 0 saturated carbocycles. The van der Waals surface area contributed by atoms with Crippen molar-refractivity contribution in [2.45, 2.75) is 52.2 Å². The Morgan fingerprint density at radius 2 is 2.06 bits per heavy atom. The van der Waals surface area contributed by atoms with Crippen molar-refractivity contribution in [1.29, 1.82) is 0 Å². The number of likely N-dealkylation sites (N-methyl/N-ethyl adjacent to an activating group) is 1. The SMILES string of the molecule is CCC1CC(NC(=O)OC(C)(C)C)CN(C)C1. The first kappa shape index (κ1) is 14.3. The molecule has 1 rings (SSSR count). The molecule has 0 bridgehead atoms. The number of piperidine rings is 1. The van der Waals surface area contributed by atoms with Crippen molar-refractivity contribution in [3.8, 4) is 0 Å². The van der Waals surface area contributed by atoms with Crippen LogP contribution in [-0.4, -0.2) is 42.8 Å². The standard InChI is InChI=1S/C13H26N2O2/c1-6-10-7-11(9-15(5)8-10)14-12(16)17-13(2,3)4/h10-11H,6-9H2,1-5H3,(H,14,16). The van der Waals surface area contributed by atoms with Crippen LogP contribution < -0.4 is 5.32 Å². The van der Waals surface area contributed by atoms with Crippen LogP contribution in [0, 0.1) is 5.92 Å². The third-order valence-corrected chi connectivity index (χ3v) is 3.02. The summed E-state index contributed by atoms with van der Waals surface area (Å²) in [5.41, 5.74) is -0.422. The fourth-order valence-corrected chi connectivity index (χ4v) is 2.32. The molecule has 1 fully saturated rings. The minimum atomic E-state index is -0.422. The average Bonchev–Trinajstić information content (AvgIpc) is 2.13. The Kier molecular flexibility index (Phi) is 4.80. The molecule has 0 aliphatic carbocycles. The van der Waals surface area contributed by atoms with Crippen LogP contribution in [0.25, 0.3) is 0 Å². The van der Waals surface area contributed by atoms with Gasteiger partial charge < -0.3 is 15.0 Å². The van der Waals surface area contributed by atoms with E-state index < -0.39 is 5.60 Å². The smallest absolute Gasteiger partial charge is 0.407 e. The molecule has 0 radical (unpaired) electrons. The van der Waals surface area contributed by atoms with Gasteiger partial charge in [0.1, 0.15) is 5.60 Å². The molecule has 0 aromatic carbocycles. The Balaban J connectivity index is 2.42. The van der Waals surface area contributed by atoms with E-state index in [1.54, 1.807) is 0 Å². The first-order chi connectivity index (χ1) is 7.80. The summed E-state index contributed by atoms with van der Waals surface area (Å²) >= 11 is 0. The van der Waals surface area contributed by atoms with E-state index >= 15 is 0 Å². The monoisotopic (exact) mass is 242 g/mol. The Labute approximate surface area is 105 Å². The van der Waals surface area contributed by atoms with Gasteiger partial charge in [-0.2, -0.15) is 0 Å². The summed E-state index contributed by atoms with van der Waals surface area (Å²) < 4.78 is 5.28. The van der Waals surface area contributed by atoms with E-state index in [-0.39, 0.29) is 12.1 Å². The molecule has 0 aromatic rings. The second-order valence-electron chi connectivity index (χ2n) is 6.07. The predicted octanol–water partition coefficient (Wildman–Crippen LogP) is 2.24. The van der Waals surface area contributed by atoms with Gasteiger partial charge in [-0.15, -0.1) is 0 Å². The van der Waals surface area contributed by atoms with E-state index in [2.05, 4.69) is 24.2 Å². The van der Waals surface area contributed by atoms with Crippen LogP contribution in [0.15, 0.2) is 0 Å². The van der Waals surface area contributed by atoms with E-state index in [0.717, 1.165) is 25.9 Å². The molecule has 17 heavy (non-hydrogen) atoms. The summed E-state index contributed by atoms with van der Waals surface area (Å²) in [4.78, 5) is 14.0. The van der Waals surface area contributed by atoms with Crippen molar-refractivity contribution in [2.24, 2.45) is 5.92 Å². The van der Waals surface area contributed by atoms with Crippen LogP contribution in [0.1, 0.15) is 40.5 Å². The van der Waals surface area contributed by atoms with Gasteiger partial charge in [0.15, 0.2) is 0 Å². The maximum atomic E-state index is 11.7. The van der Waals surface area contributed by atoms with Crippen LogP contribution in [0.3, 0.4) is 0 Å². The molecule has 4 heteroatoms. The van der Waals surface area contributed by atoms with Crippen LogP contribution in [0.5, 0.6) is 0 Å². The van der Waals surface area contributed by atoms with Crippen molar-refractivity contribution in [3.63, 3.8) is 0 Å². The summed E-state index contributed by atoms with van der Waals surface area (Å²) in [6, 6.07) is 0.216. The molecule has 4 nitrogen and oxygen atoms in total. The van der Waals surface area contributed by atoms with Crippen molar-refractivity contribution in [3.05, 3.63) is 0 Å². The second kappa shape index (κ2) is 5.71. The lowest BCUT2D eigenvalue weighted by Gasteiger charge is -2.35. The van der Waals surface area contributed by atoms with Gasteiger partial charge in [-0.3, -0.25) is 0 Å². The molecule has 100 valence electrons. The molecule has 1 amide bonds. The number of rotatable bonds is 2. The fraction of sp³-hybridized carbons (Fsp3) is 0.923. The molecule has 0 aromatic heterocycles. The lowest BCUT2D eigenvalue weighted by molar-refractivity contribution is 0.0460. The molecule has 1 aliphatic heterocycles. The highest BCUT2D eigenvalue weighted by Gasteiger charge is 2.26. The van der Waals surface area contributed by atoms with E-state index in [9.17, 15) is 4.79 Å². The lowest BCUT2D eigenvalue weighted by Crippen LogP contribution is -2.50. The highest BCUT2D eigenvalue weighted by molar-refractivity contribution is 5.68. The molecule has 1 N–H and O–H groups in total. The van der Waals surface area contributed by atoms with Crippen molar-refractivity contribution < 1.29 is 9.53 Å². The summed E-state index contributed by atoms with van der Waals surface area (Å²) in [6.07, 6.45) is 1.92. The topological polar surface area (TPSA) is 41.6 Å². The number of nitrogens with one attached hydrogen (secondary N) is 1. The van der Waals surface area contributed by atoms with Gasteiger partial charge in [-0.25, -0.2) is 4.79 Å². The first-order valence-electron chi connectivity index (χ1n) is 6.48. The summed E-state index contributed by atoms with van der Waals surface area (Å²) in [5.74, 6) is 0.675. The number of likely N-dealkylation sites (tertiary alicyclic amines) is 1. The zero-order chi connectivity index (χ0) is 13.1. The molecule has 1 aliphatic rings. The maximum absolute atomic E-state index is 11.7. The average molecular weight is 242 g/mol. The summed E-state index contributed by atoms with van der Waals surface area (Å²) in [6.45, 7) is 9.89. The third-order valence-electron chi connectivity index (χ3n) is 3.02. The third kappa shape index (κ3) is 5.39. The maximum Gasteiger partial charge on any atom is 0.407 e. The minimum Gasteiger partial charge on any atom is -0.444 e. The van der Waals surface area contributed by atoms with Gasteiger partial charge in [-0.1, -0.05) is 13.3 Å². The number of hydrogen-bond acceptors (Lipinski definition) is 3. The second-order valence-corrected chi connectivity index (χ2v) is 6.07. The Bertz CT molecular complexity index is 261. The fourth-order valence-electron chi connectivity index (χ4n) is 2.32. The molecular formula is C13H26N2O2. The quantitative estimate of drug-likeness (QED) is 0.807. The molecule has 1 heterocycles. The highest BCUT2D eigenvalue weighted by Crippen LogP contribution is 2.19. The van der Waals surface area contributed by atoms with Crippen LogP contribution in [0.4, 0.5) is 4.79 Å². The van der Waals surface area contributed by atoms with Crippen molar-refractivity contribution in [1.82, 2.24) is 10.2 Å². The van der Waals surface area contributed by atoms with E-state index in [0.29, 0.717) is 5.92 Å². The molecule has 2 atom stereocenters. The Morgan fingerprint density at radius 1 is 1.41 bits per heavy atom. The largest absolute Gasteiger partial charge is 0.444 e. The zero-order valence-corrected chi connectivity index (χ0v) is 11.7. The first-order valence-corrected chi connectivity index (χ1v) is 6.48. The molecular weight excluding hydrogens is 216 g/mol. The number of hydrogen-bond donors (Lipinski definition) is 1. The van der Waals surface area contributed by atoms with Crippen LogP contribution in [-0.2, 0) is 4.74 Å². The predicted molar refractivity (Wildman–Crippen MR) is 69.1 cm³/mol. The molecule has 0 spiro atoms. The zero-order valence-electron chi connectivity index (χ0n) is 11.7. The summed E-state index contributed by atoms with van der Waals surface area (Å²) in [5, 5.41) is 2.97. The van der Waals surface area contributed by atoms with Crippen LogP contribution in [0.2, 0.25) is 0 Å². The summed E-state index contributed by atoms with van der Waals surface area (Å²) in [7, 11) is 2.10. The normalized spacial score (nSPS) is 26.6. The van der Waals surface area contributed by atoms with Gasteiger partial charge in [0.25, 0.3) is 0 Å². The number of alkyl carbamates (subject to hydrolysis) is 1. The van der Waals surface area contributed by atoms with Crippen molar-refractivity contribution in [2.75, 3.05) is 20.1 Å².